The van der Waals surface area contributed by atoms with E-state index >= 15 is 0 Å². The van der Waals surface area contributed by atoms with Gasteiger partial charge < -0.3 is 25.0 Å². The maximum atomic E-state index is 11.7. The van der Waals surface area contributed by atoms with E-state index in [-0.39, 0.29) is 24.0 Å². The van der Waals surface area contributed by atoms with Gasteiger partial charge >= 0.3 is 0 Å². The highest BCUT2D eigenvalue weighted by Crippen LogP contribution is 2.33. The summed E-state index contributed by atoms with van der Waals surface area (Å²) in [4.78, 5) is 13.5. The molecule has 1 unspecified atom stereocenters. The molecule has 12 nitrogen and oxygen atoms in total. The first-order chi connectivity index (χ1) is 19.2. The lowest BCUT2D eigenvalue weighted by Gasteiger charge is -2.20. The van der Waals surface area contributed by atoms with Gasteiger partial charge in [0.15, 0.2) is 29.0 Å². The minimum absolute atomic E-state index is 0.0323. The number of aliphatic hydroxyl groups excluding tert-OH is 2. The fraction of sp³-hybridized carbons (Fsp3) is 0.370. The zero-order valence-corrected chi connectivity index (χ0v) is 22.8. The van der Waals surface area contributed by atoms with Crippen LogP contribution in [0, 0.1) is 0 Å². The van der Waals surface area contributed by atoms with E-state index in [0.717, 1.165) is 17.4 Å². The fourth-order valence-electron chi connectivity index (χ4n) is 4.75. The number of hydrogen-bond donors (Lipinski definition) is 3. The summed E-state index contributed by atoms with van der Waals surface area (Å²) in [5.74, 6) is 0.406. The molecular weight excluding hydrogens is 538 g/mol. The Labute approximate surface area is 231 Å². The van der Waals surface area contributed by atoms with Crippen molar-refractivity contribution in [1.29, 1.82) is 0 Å². The molecular formula is C27H31N5O7S. The Morgan fingerprint density at radius 2 is 1.68 bits per heavy atom. The number of ether oxygens (including phenoxy) is 2. The molecule has 1 fully saturated rings. The van der Waals surface area contributed by atoms with Gasteiger partial charge in [-0.3, -0.25) is 8.75 Å². The summed E-state index contributed by atoms with van der Waals surface area (Å²) in [6.45, 7) is 0.117. The lowest BCUT2D eigenvalue weighted by Crippen LogP contribution is -2.33. The molecule has 1 saturated heterocycles. The number of nitrogens with zero attached hydrogens (tertiary/aromatic N) is 4. The number of anilines is 1. The van der Waals surface area contributed by atoms with E-state index < -0.39 is 41.3 Å². The normalized spacial score (nSPS) is 21.3. The number of methoxy groups -OCH3 is 1. The van der Waals surface area contributed by atoms with Crippen LogP contribution in [0.1, 0.15) is 29.1 Å². The van der Waals surface area contributed by atoms with Crippen LogP contribution in [0.25, 0.3) is 11.2 Å². The molecule has 0 radical (unpaired) electrons. The van der Waals surface area contributed by atoms with Crippen LogP contribution in [0.4, 0.5) is 5.82 Å². The van der Waals surface area contributed by atoms with Gasteiger partial charge in [0, 0.05) is 19.6 Å². The fourth-order valence-corrected chi connectivity index (χ4v) is 5.07. The van der Waals surface area contributed by atoms with Crippen molar-refractivity contribution in [2.75, 3.05) is 31.8 Å². The summed E-state index contributed by atoms with van der Waals surface area (Å²) in [7, 11) is -2.29. The smallest absolute Gasteiger partial charge is 0.264 e. The van der Waals surface area contributed by atoms with Gasteiger partial charge in [-0.15, -0.1) is 0 Å². The molecule has 5 rings (SSSR count). The van der Waals surface area contributed by atoms with Crippen LogP contribution < -0.4 is 5.32 Å². The minimum Gasteiger partial charge on any atom is -0.387 e. The average Bonchev–Trinajstić information content (AvgIpc) is 3.49. The highest BCUT2D eigenvalue weighted by atomic mass is 32.2. The van der Waals surface area contributed by atoms with Crippen molar-refractivity contribution in [3.05, 3.63) is 83.9 Å². The van der Waals surface area contributed by atoms with Crippen molar-refractivity contribution < 1.29 is 32.3 Å². The number of benzene rings is 2. The first kappa shape index (κ1) is 28.1. The Balaban J connectivity index is 1.51. The number of imidazole rings is 1. The second-order valence-corrected chi connectivity index (χ2v) is 11.2. The standard InChI is InChI=1S/C27H31N5O7S/c1-37-14-20-23(33)24(34)27(39-20)32-16-29-22-25(30-21(31-26(22)32)15-38-40(2,35)36)28-13-19(17-9-5-3-6-10-17)18-11-7-4-8-12-18/h3-12,16,19-20,23-24,27,33-34H,13-15H2,1-2H3,(H,28,30,31)/t20?,23-,24-,27-/m1/s1. The zero-order valence-electron chi connectivity index (χ0n) is 22.0. The summed E-state index contributed by atoms with van der Waals surface area (Å²) >= 11 is 0. The summed E-state index contributed by atoms with van der Waals surface area (Å²) < 4.78 is 40.8. The topological polar surface area (TPSA) is 158 Å². The Kier molecular flexibility index (Phi) is 8.40. The van der Waals surface area contributed by atoms with E-state index in [4.69, 9.17) is 13.7 Å². The van der Waals surface area contributed by atoms with Crippen LogP contribution in [-0.2, 0) is 30.4 Å². The van der Waals surface area contributed by atoms with E-state index in [1.54, 1.807) is 0 Å². The van der Waals surface area contributed by atoms with Gasteiger partial charge in [-0.2, -0.15) is 8.42 Å². The SMILES string of the molecule is COCC1O[C@@H](n2cnc3c(NCC(c4ccccc4)c4ccccc4)nc(COS(C)(=O)=O)nc32)[C@H](O)[C@@H]1O. The Morgan fingerprint density at radius 1 is 1.02 bits per heavy atom. The molecule has 0 bridgehead atoms. The average molecular weight is 570 g/mol. The number of nitrogens with one attached hydrogen (secondary N) is 1. The van der Waals surface area contributed by atoms with E-state index in [2.05, 4.69) is 44.5 Å². The van der Waals surface area contributed by atoms with Gasteiger partial charge in [0.1, 0.15) is 24.9 Å². The van der Waals surface area contributed by atoms with Crippen molar-refractivity contribution in [1.82, 2.24) is 19.5 Å². The molecule has 13 heteroatoms. The lowest BCUT2D eigenvalue weighted by atomic mass is 9.91. The molecule has 40 heavy (non-hydrogen) atoms. The first-order valence-electron chi connectivity index (χ1n) is 12.7. The summed E-state index contributed by atoms with van der Waals surface area (Å²) in [6, 6.07) is 20.0. The van der Waals surface area contributed by atoms with Crippen LogP contribution in [0.2, 0.25) is 0 Å². The third kappa shape index (κ3) is 6.14. The molecule has 4 aromatic rings. The molecule has 4 atom stereocenters. The van der Waals surface area contributed by atoms with E-state index in [0.29, 0.717) is 17.9 Å². The zero-order chi connectivity index (χ0) is 28.3. The highest BCUT2D eigenvalue weighted by molar-refractivity contribution is 7.85. The van der Waals surface area contributed by atoms with Gasteiger partial charge in [-0.1, -0.05) is 60.7 Å². The Hall–Kier alpha value is -3.46. The van der Waals surface area contributed by atoms with E-state index in [1.165, 1.54) is 18.0 Å². The summed E-state index contributed by atoms with van der Waals surface area (Å²) in [6.07, 6.45) is -1.85. The van der Waals surface area contributed by atoms with Crippen molar-refractivity contribution in [3.8, 4) is 0 Å². The predicted octanol–water partition coefficient (Wildman–Crippen LogP) is 1.81. The van der Waals surface area contributed by atoms with Crippen LogP contribution in [-0.4, -0.2) is 83.0 Å². The van der Waals surface area contributed by atoms with Crippen molar-refractivity contribution in [3.63, 3.8) is 0 Å². The quantitative estimate of drug-likeness (QED) is 0.226. The maximum absolute atomic E-state index is 11.7. The molecule has 2 aromatic heterocycles. The molecule has 0 saturated carbocycles. The minimum atomic E-state index is -3.76. The van der Waals surface area contributed by atoms with Gasteiger partial charge in [0.25, 0.3) is 10.1 Å². The molecule has 2 aromatic carbocycles. The molecule has 0 spiro atoms. The predicted molar refractivity (Wildman–Crippen MR) is 146 cm³/mol. The van der Waals surface area contributed by atoms with Crippen LogP contribution in [0.3, 0.4) is 0 Å². The van der Waals surface area contributed by atoms with Gasteiger partial charge in [-0.25, -0.2) is 15.0 Å². The Morgan fingerprint density at radius 3 is 2.27 bits per heavy atom. The molecule has 0 aliphatic carbocycles. The molecule has 0 amide bonds. The van der Waals surface area contributed by atoms with Crippen LogP contribution in [0.15, 0.2) is 67.0 Å². The number of aliphatic hydroxyl groups is 2. The monoisotopic (exact) mass is 569 g/mol. The Bertz CT molecular complexity index is 1500. The van der Waals surface area contributed by atoms with E-state index in [9.17, 15) is 18.6 Å². The van der Waals surface area contributed by atoms with Crippen molar-refractivity contribution >= 4 is 27.1 Å². The molecule has 3 heterocycles. The molecule has 3 N–H and O–H groups in total. The van der Waals surface area contributed by atoms with Gasteiger partial charge in [0.2, 0.25) is 0 Å². The van der Waals surface area contributed by atoms with Crippen LogP contribution in [0.5, 0.6) is 0 Å². The van der Waals surface area contributed by atoms with Crippen molar-refractivity contribution in [2.45, 2.75) is 37.1 Å². The molecule has 1 aliphatic rings. The number of fused-ring (bicyclic) bond motifs is 1. The third-order valence-corrected chi connectivity index (χ3v) is 7.24. The van der Waals surface area contributed by atoms with Crippen molar-refractivity contribution in [2.24, 2.45) is 0 Å². The number of rotatable bonds is 11. The lowest BCUT2D eigenvalue weighted by molar-refractivity contribution is -0.0580. The number of hydrogen-bond acceptors (Lipinski definition) is 11. The second-order valence-electron chi connectivity index (χ2n) is 9.54. The van der Waals surface area contributed by atoms with Crippen LogP contribution >= 0.6 is 0 Å². The molecule has 1 aliphatic heterocycles. The maximum Gasteiger partial charge on any atom is 0.264 e. The number of aromatic nitrogens is 4. The summed E-state index contributed by atoms with van der Waals surface area (Å²) in [5.41, 5.74) is 2.84. The summed E-state index contributed by atoms with van der Waals surface area (Å²) in [5, 5.41) is 24.5. The largest absolute Gasteiger partial charge is 0.387 e. The third-order valence-electron chi connectivity index (χ3n) is 6.69. The second kappa shape index (κ2) is 12.0. The first-order valence-corrected chi connectivity index (χ1v) is 14.5. The van der Waals surface area contributed by atoms with Gasteiger partial charge in [-0.05, 0) is 11.1 Å². The molecule has 212 valence electrons. The van der Waals surface area contributed by atoms with Gasteiger partial charge in [0.05, 0.1) is 19.2 Å². The highest BCUT2D eigenvalue weighted by Gasteiger charge is 2.44. The van der Waals surface area contributed by atoms with E-state index in [1.807, 2.05) is 36.4 Å².